The van der Waals surface area contributed by atoms with Crippen molar-refractivity contribution in [3.05, 3.63) is 101 Å². The monoisotopic (exact) mass is 410 g/mol. The Morgan fingerprint density at radius 3 is 1.42 bits per heavy atom. The molecule has 152 valence electrons. The second kappa shape index (κ2) is 7.13. The predicted molar refractivity (Wildman–Crippen MR) is 113 cm³/mol. The van der Waals surface area contributed by atoms with E-state index in [0.29, 0.717) is 33.6 Å². The van der Waals surface area contributed by atoms with Gasteiger partial charge in [0.05, 0.1) is 18.9 Å². The van der Waals surface area contributed by atoms with Crippen molar-refractivity contribution >= 4 is 23.1 Å². The third-order valence-corrected chi connectivity index (χ3v) is 6.24. The van der Waals surface area contributed by atoms with Crippen LogP contribution >= 0.6 is 0 Å². The van der Waals surface area contributed by atoms with E-state index in [1.807, 2.05) is 0 Å². The summed E-state index contributed by atoms with van der Waals surface area (Å²) in [5.41, 5.74) is 1.89. The second-order valence-corrected chi connectivity index (χ2v) is 7.81. The zero-order valence-electron chi connectivity index (χ0n) is 16.7. The summed E-state index contributed by atoms with van der Waals surface area (Å²) in [5.74, 6) is -4.11. The van der Waals surface area contributed by atoms with Crippen LogP contribution in [0, 0.1) is 11.8 Å². The summed E-state index contributed by atoms with van der Waals surface area (Å²) in [6.07, 6.45) is 0. The molecule has 3 aromatic rings. The number of ketones is 4. The highest BCUT2D eigenvalue weighted by Gasteiger charge is 2.53. The number of benzene rings is 3. The molecule has 0 amide bonds. The first-order chi connectivity index (χ1) is 15.0. The van der Waals surface area contributed by atoms with Crippen molar-refractivity contribution in [3.63, 3.8) is 0 Å². The van der Waals surface area contributed by atoms with Gasteiger partial charge in [-0.15, -0.1) is 0 Å². The Bertz CT molecular complexity index is 1130. The molecule has 0 spiro atoms. The van der Waals surface area contributed by atoms with Gasteiger partial charge in [-0.1, -0.05) is 60.7 Å². The van der Waals surface area contributed by atoms with Gasteiger partial charge in [-0.2, -0.15) is 0 Å². The molecule has 0 saturated heterocycles. The molecule has 0 saturated carbocycles. The Hall–Kier alpha value is -3.86. The van der Waals surface area contributed by atoms with Gasteiger partial charge in [0.1, 0.15) is 5.75 Å². The van der Waals surface area contributed by atoms with Gasteiger partial charge < -0.3 is 4.74 Å². The van der Waals surface area contributed by atoms with E-state index in [9.17, 15) is 19.2 Å². The van der Waals surface area contributed by atoms with Gasteiger partial charge in [-0.3, -0.25) is 19.2 Å². The van der Waals surface area contributed by atoms with Gasteiger partial charge in [0, 0.05) is 28.2 Å². The summed E-state index contributed by atoms with van der Waals surface area (Å²) in [4.78, 5) is 53.4. The van der Waals surface area contributed by atoms with E-state index < -0.39 is 17.8 Å². The summed E-state index contributed by atoms with van der Waals surface area (Å²) in [6.45, 7) is 0. The second-order valence-electron chi connectivity index (χ2n) is 7.81. The third kappa shape index (κ3) is 2.77. The Balaban J connectivity index is 1.69. The van der Waals surface area contributed by atoms with Gasteiger partial charge >= 0.3 is 0 Å². The number of hydrogen-bond acceptors (Lipinski definition) is 5. The normalized spacial score (nSPS) is 16.2. The molecule has 0 unspecified atom stereocenters. The topological polar surface area (TPSA) is 77.5 Å². The van der Waals surface area contributed by atoms with Crippen LogP contribution in [0.1, 0.15) is 52.9 Å². The lowest BCUT2D eigenvalue weighted by Gasteiger charge is -2.26. The smallest absolute Gasteiger partial charge is 0.175 e. The Morgan fingerprint density at radius 1 is 0.613 bits per heavy atom. The lowest BCUT2D eigenvalue weighted by atomic mass is 9.72. The van der Waals surface area contributed by atoms with Crippen LogP contribution in [0.4, 0.5) is 0 Å². The van der Waals surface area contributed by atoms with Crippen LogP contribution in [-0.4, -0.2) is 30.2 Å². The Morgan fingerprint density at radius 2 is 1.03 bits per heavy atom. The molecule has 5 nitrogen and oxygen atoms in total. The maximum absolute atomic E-state index is 13.3. The fraction of sp³-hybridized carbons (Fsp3) is 0.154. The summed E-state index contributed by atoms with van der Waals surface area (Å²) >= 11 is 0. The molecule has 2 aliphatic rings. The van der Waals surface area contributed by atoms with Gasteiger partial charge in [-0.05, 0) is 17.7 Å². The molecule has 0 bridgehead atoms. The lowest BCUT2D eigenvalue weighted by molar-refractivity contribution is 0.0728. The Labute approximate surface area is 178 Å². The molecular formula is C26H18O5. The quantitative estimate of drug-likeness (QED) is 0.604. The highest BCUT2D eigenvalue weighted by molar-refractivity contribution is 6.30. The third-order valence-electron chi connectivity index (χ3n) is 6.24. The number of fused-ring (bicyclic) bond motifs is 2. The van der Waals surface area contributed by atoms with Crippen LogP contribution in [0.25, 0.3) is 0 Å². The Kier molecular flexibility index (Phi) is 4.40. The molecule has 0 atom stereocenters. The molecule has 5 rings (SSSR count). The van der Waals surface area contributed by atoms with E-state index in [1.165, 1.54) is 7.11 Å². The van der Waals surface area contributed by atoms with Crippen molar-refractivity contribution in [1.29, 1.82) is 0 Å². The van der Waals surface area contributed by atoms with E-state index in [2.05, 4.69) is 0 Å². The van der Waals surface area contributed by atoms with Crippen molar-refractivity contribution in [2.45, 2.75) is 5.92 Å². The van der Waals surface area contributed by atoms with Gasteiger partial charge in [0.15, 0.2) is 23.1 Å². The van der Waals surface area contributed by atoms with Crippen LogP contribution in [0.15, 0.2) is 72.8 Å². The molecule has 0 heterocycles. The van der Waals surface area contributed by atoms with E-state index >= 15 is 0 Å². The largest absolute Gasteiger partial charge is 0.497 e. The number of Topliss-reactive ketones (excluding diaryl/α,β-unsaturated/α-hetero) is 4. The van der Waals surface area contributed by atoms with Crippen molar-refractivity contribution < 1.29 is 23.9 Å². The zero-order chi connectivity index (χ0) is 21.7. The first-order valence-corrected chi connectivity index (χ1v) is 10.0. The first kappa shape index (κ1) is 19.1. The minimum absolute atomic E-state index is 0.334. The van der Waals surface area contributed by atoms with Crippen LogP contribution in [0.3, 0.4) is 0 Å². The highest BCUT2D eigenvalue weighted by atomic mass is 16.5. The SMILES string of the molecule is COc1cccc(C(C2C(=O)c3ccccc3C2=O)C2C(=O)c3ccccc3C2=O)c1. The number of methoxy groups -OCH3 is 1. The van der Waals surface area contributed by atoms with Crippen molar-refractivity contribution in [3.8, 4) is 5.75 Å². The fourth-order valence-corrected chi connectivity index (χ4v) is 4.81. The number of ether oxygens (including phenoxy) is 1. The molecule has 0 aromatic heterocycles. The maximum Gasteiger partial charge on any atom is 0.175 e. The lowest BCUT2D eigenvalue weighted by Crippen LogP contribution is -2.34. The average Bonchev–Trinajstić information content (AvgIpc) is 3.21. The summed E-state index contributed by atoms with van der Waals surface area (Å²) in [7, 11) is 1.51. The fourth-order valence-electron chi connectivity index (χ4n) is 4.81. The molecule has 0 N–H and O–H groups in total. The van der Waals surface area contributed by atoms with E-state index in [1.54, 1.807) is 72.8 Å². The van der Waals surface area contributed by atoms with E-state index in [-0.39, 0.29) is 23.1 Å². The van der Waals surface area contributed by atoms with Gasteiger partial charge in [0.25, 0.3) is 0 Å². The number of carbonyl (C=O) groups is 4. The number of hydrogen-bond donors (Lipinski definition) is 0. The minimum atomic E-state index is -1.14. The van der Waals surface area contributed by atoms with E-state index in [0.717, 1.165) is 0 Å². The van der Waals surface area contributed by atoms with Crippen LogP contribution in [0.5, 0.6) is 5.75 Å². The number of carbonyl (C=O) groups excluding carboxylic acids is 4. The molecule has 31 heavy (non-hydrogen) atoms. The number of rotatable bonds is 4. The van der Waals surface area contributed by atoms with Crippen molar-refractivity contribution in [1.82, 2.24) is 0 Å². The van der Waals surface area contributed by atoms with Crippen molar-refractivity contribution in [2.75, 3.05) is 7.11 Å². The summed E-state index contributed by atoms with van der Waals surface area (Å²) < 4.78 is 5.32. The summed E-state index contributed by atoms with van der Waals surface area (Å²) in [5, 5.41) is 0. The molecule has 0 aliphatic heterocycles. The maximum atomic E-state index is 13.3. The molecule has 2 aliphatic carbocycles. The van der Waals surface area contributed by atoms with E-state index in [4.69, 9.17) is 4.74 Å². The first-order valence-electron chi connectivity index (χ1n) is 10.0. The highest BCUT2D eigenvalue weighted by Crippen LogP contribution is 2.46. The molecule has 3 aromatic carbocycles. The minimum Gasteiger partial charge on any atom is -0.497 e. The summed E-state index contributed by atoms with van der Waals surface area (Å²) in [6, 6.07) is 20.2. The van der Waals surface area contributed by atoms with Crippen LogP contribution < -0.4 is 4.74 Å². The van der Waals surface area contributed by atoms with Crippen LogP contribution in [-0.2, 0) is 0 Å². The molecular weight excluding hydrogens is 392 g/mol. The molecule has 0 fully saturated rings. The van der Waals surface area contributed by atoms with Gasteiger partial charge in [-0.25, -0.2) is 0 Å². The average molecular weight is 410 g/mol. The molecule has 5 heteroatoms. The van der Waals surface area contributed by atoms with Crippen molar-refractivity contribution in [2.24, 2.45) is 11.8 Å². The molecule has 0 radical (unpaired) electrons. The zero-order valence-corrected chi connectivity index (χ0v) is 16.7. The standard InChI is InChI=1S/C26H18O5/c1-31-15-8-6-7-14(13-15)20(21-23(27)16-9-2-3-10-17(16)24(21)28)22-25(29)18-11-4-5-12-19(18)26(22)30/h2-13,20-22H,1H3. The van der Waals surface area contributed by atoms with Crippen LogP contribution in [0.2, 0.25) is 0 Å². The predicted octanol–water partition coefficient (Wildman–Crippen LogP) is 4.17. The van der Waals surface area contributed by atoms with Gasteiger partial charge in [0.2, 0.25) is 0 Å².